The van der Waals surface area contributed by atoms with Crippen LogP contribution >= 0.6 is 0 Å². The smallest absolute Gasteiger partial charge is 0.159 e. The van der Waals surface area contributed by atoms with Crippen LogP contribution in [0.5, 0.6) is 11.5 Å². The second-order valence-corrected chi connectivity index (χ2v) is 7.13. The summed E-state index contributed by atoms with van der Waals surface area (Å²) in [6.07, 6.45) is 2.91. The van der Waals surface area contributed by atoms with Gasteiger partial charge in [0, 0.05) is 48.9 Å². The van der Waals surface area contributed by atoms with Gasteiger partial charge in [0.15, 0.2) is 5.82 Å². The van der Waals surface area contributed by atoms with Crippen LogP contribution in [0.1, 0.15) is 30.7 Å². The summed E-state index contributed by atoms with van der Waals surface area (Å²) in [6.45, 7) is 7.94. The summed E-state index contributed by atoms with van der Waals surface area (Å²) >= 11 is 0. The van der Waals surface area contributed by atoms with Crippen molar-refractivity contribution in [3.05, 3.63) is 71.5 Å². The van der Waals surface area contributed by atoms with E-state index < -0.39 is 0 Å². The van der Waals surface area contributed by atoms with E-state index in [0.717, 1.165) is 60.2 Å². The van der Waals surface area contributed by atoms with Crippen LogP contribution in [-0.2, 0) is 19.5 Å². The zero-order chi connectivity index (χ0) is 20.1. The Labute approximate surface area is 172 Å². The molecule has 0 fully saturated rings. The number of benzene rings is 2. The molecule has 5 nitrogen and oxygen atoms in total. The summed E-state index contributed by atoms with van der Waals surface area (Å²) in [7, 11) is 0. The number of rotatable bonds is 7. The number of fused-ring (bicyclic) bond motifs is 1. The summed E-state index contributed by atoms with van der Waals surface area (Å²) in [4.78, 5) is 11.9. The Morgan fingerprint density at radius 3 is 2.62 bits per heavy atom. The van der Waals surface area contributed by atoms with Crippen LogP contribution in [0, 0.1) is 0 Å². The lowest BCUT2D eigenvalue weighted by molar-refractivity contribution is 0.236. The molecule has 4 rings (SSSR count). The van der Waals surface area contributed by atoms with E-state index in [1.165, 1.54) is 5.56 Å². The minimum atomic E-state index is 0.653. The average molecular weight is 389 g/mol. The van der Waals surface area contributed by atoms with E-state index >= 15 is 0 Å². The van der Waals surface area contributed by atoms with Crippen molar-refractivity contribution in [1.82, 2.24) is 14.9 Å². The van der Waals surface area contributed by atoms with Crippen molar-refractivity contribution < 1.29 is 9.47 Å². The molecule has 0 amide bonds. The fourth-order valence-electron chi connectivity index (χ4n) is 3.71. The number of aromatic nitrogens is 2. The Morgan fingerprint density at radius 1 is 1.00 bits per heavy atom. The van der Waals surface area contributed by atoms with Crippen molar-refractivity contribution in [2.45, 2.75) is 33.4 Å². The predicted molar refractivity (Wildman–Crippen MR) is 114 cm³/mol. The first kappa shape index (κ1) is 19.4. The highest BCUT2D eigenvalue weighted by atomic mass is 16.5. The second-order valence-electron chi connectivity index (χ2n) is 7.13. The summed E-state index contributed by atoms with van der Waals surface area (Å²) < 4.78 is 11.5. The quantitative estimate of drug-likeness (QED) is 0.595. The molecule has 0 aliphatic carbocycles. The van der Waals surface area contributed by atoms with E-state index in [4.69, 9.17) is 14.5 Å². The first-order chi connectivity index (χ1) is 14.3. The lowest BCUT2D eigenvalue weighted by Crippen LogP contribution is -2.31. The molecule has 1 aliphatic rings. The van der Waals surface area contributed by atoms with Crippen LogP contribution in [-0.4, -0.2) is 34.6 Å². The molecule has 150 valence electrons. The van der Waals surface area contributed by atoms with E-state index in [-0.39, 0.29) is 0 Å². The van der Waals surface area contributed by atoms with E-state index in [0.29, 0.717) is 13.2 Å². The Morgan fingerprint density at radius 2 is 1.83 bits per heavy atom. The number of hydrogen-bond donors (Lipinski definition) is 0. The van der Waals surface area contributed by atoms with E-state index in [2.05, 4.69) is 28.1 Å². The molecule has 5 heteroatoms. The highest BCUT2D eigenvalue weighted by molar-refractivity contribution is 5.54. The highest BCUT2D eigenvalue weighted by Gasteiger charge is 2.20. The zero-order valence-electron chi connectivity index (χ0n) is 17.1. The van der Waals surface area contributed by atoms with Gasteiger partial charge in [-0.15, -0.1) is 0 Å². The van der Waals surface area contributed by atoms with Gasteiger partial charge in [-0.2, -0.15) is 0 Å². The zero-order valence-corrected chi connectivity index (χ0v) is 17.1. The van der Waals surface area contributed by atoms with E-state index in [1.54, 1.807) is 0 Å². The van der Waals surface area contributed by atoms with Crippen molar-refractivity contribution in [2.75, 3.05) is 19.8 Å². The average Bonchev–Trinajstić information content (AvgIpc) is 2.76. The van der Waals surface area contributed by atoms with Crippen LogP contribution in [0.15, 0.2) is 54.7 Å². The molecule has 1 aliphatic heterocycles. The summed E-state index contributed by atoms with van der Waals surface area (Å²) in [6, 6.07) is 16.2. The lowest BCUT2D eigenvalue weighted by atomic mass is 10.1. The Bertz CT molecular complexity index is 960. The molecule has 0 unspecified atom stereocenters. The van der Waals surface area contributed by atoms with Crippen molar-refractivity contribution >= 4 is 0 Å². The molecule has 0 spiro atoms. The van der Waals surface area contributed by atoms with Crippen molar-refractivity contribution in [1.29, 1.82) is 0 Å². The molecule has 0 atom stereocenters. The third-order valence-corrected chi connectivity index (χ3v) is 5.08. The SMILES string of the molecule is CCOc1ccc(OCC)c(CN2CCc3nc(-c4ccccc4)ncc3C2)c1. The largest absolute Gasteiger partial charge is 0.494 e. The molecular formula is C24H27N3O2. The maximum atomic E-state index is 5.84. The Hall–Kier alpha value is -2.92. The number of nitrogens with zero attached hydrogens (tertiary/aromatic N) is 3. The molecule has 0 saturated heterocycles. The standard InChI is InChI=1S/C24H27N3O2/c1-3-28-21-10-11-23(29-4-2)19(14-21)16-27-13-12-22-20(17-27)15-25-24(26-22)18-8-6-5-7-9-18/h5-11,14-15H,3-4,12-13,16-17H2,1-2H3. The topological polar surface area (TPSA) is 47.5 Å². The molecule has 0 saturated carbocycles. The summed E-state index contributed by atoms with van der Waals surface area (Å²) in [5.74, 6) is 2.62. The van der Waals surface area contributed by atoms with Gasteiger partial charge in [0.25, 0.3) is 0 Å². The van der Waals surface area contributed by atoms with Crippen LogP contribution in [0.3, 0.4) is 0 Å². The monoisotopic (exact) mass is 389 g/mol. The molecule has 2 heterocycles. The lowest BCUT2D eigenvalue weighted by Gasteiger charge is -2.28. The normalized spacial score (nSPS) is 13.7. The first-order valence-electron chi connectivity index (χ1n) is 10.3. The number of ether oxygens (including phenoxy) is 2. The first-order valence-corrected chi connectivity index (χ1v) is 10.3. The maximum Gasteiger partial charge on any atom is 0.159 e. The summed E-state index contributed by atoms with van der Waals surface area (Å²) in [5.41, 5.74) is 4.58. The van der Waals surface area contributed by atoms with Crippen LogP contribution in [0.25, 0.3) is 11.4 Å². The molecule has 2 aromatic carbocycles. The Kier molecular flexibility index (Phi) is 6.06. The van der Waals surface area contributed by atoms with Gasteiger partial charge < -0.3 is 9.47 Å². The van der Waals surface area contributed by atoms with Gasteiger partial charge in [0.2, 0.25) is 0 Å². The van der Waals surface area contributed by atoms with Crippen LogP contribution < -0.4 is 9.47 Å². The molecule has 0 N–H and O–H groups in total. The highest BCUT2D eigenvalue weighted by Crippen LogP contribution is 2.28. The predicted octanol–water partition coefficient (Wildman–Crippen LogP) is 4.50. The fourth-order valence-corrected chi connectivity index (χ4v) is 3.71. The Balaban J connectivity index is 1.51. The molecule has 3 aromatic rings. The van der Waals surface area contributed by atoms with Gasteiger partial charge in [0.05, 0.1) is 18.9 Å². The van der Waals surface area contributed by atoms with Crippen molar-refractivity contribution in [3.63, 3.8) is 0 Å². The van der Waals surface area contributed by atoms with Crippen molar-refractivity contribution in [3.8, 4) is 22.9 Å². The van der Waals surface area contributed by atoms with Gasteiger partial charge in [-0.05, 0) is 32.0 Å². The second kappa shape index (κ2) is 9.05. The molecule has 29 heavy (non-hydrogen) atoms. The fraction of sp³-hybridized carbons (Fsp3) is 0.333. The van der Waals surface area contributed by atoms with Crippen molar-refractivity contribution in [2.24, 2.45) is 0 Å². The third-order valence-electron chi connectivity index (χ3n) is 5.08. The van der Waals surface area contributed by atoms with Gasteiger partial charge in [-0.25, -0.2) is 9.97 Å². The molecule has 1 aromatic heterocycles. The molecular weight excluding hydrogens is 362 g/mol. The van der Waals surface area contributed by atoms with E-state index in [1.807, 2.05) is 50.4 Å². The maximum absolute atomic E-state index is 5.84. The van der Waals surface area contributed by atoms with Gasteiger partial charge in [-0.3, -0.25) is 4.90 Å². The number of hydrogen-bond acceptors (Lipinski definition) is 5. The third kappa shape index (κ3) is 4.57. The minimum absolute atomic E-state index is 0.653. The van der Waals surface area contributed by atoms with Crippen LogP contribution in [0.2, 0.25) is 0 Å². The molecule has 0 bridgehead atoms. The minimum Gasteiger partial charge on any atom is -0.494 e. The summed E-state index contributed by atoms with van der Waals surface area (Å²) in [5, 5.41) is 0. The van der Waals surface area contributed by atoms with Crippen LogP contribution in [0.4, 0.5) is 0 Å². The van der Waals surface area contributed by atoms with Gasteiger partial charge in [0.1, 0.15) is 11.5 Å². The molecule has 0 radical (unpaired) electrons. The van der Waals surface area contributed by atoms with Gasteiger partial charge >= 0.3 is 0 Å². The van der Waals surface area contributed by atoms with E-state index in [9.17, 15) is 0 Å². The van der Waals surface area contributed by atoms with Gasteiger partial charge in [-0.1, -0.05) is 30.3 Å².